The number of fused-ring (bicyclic) bond motifs is 1. The monoisotopic (exact) mass is 302 g/mol. The van der Waals surface area contributed by atoms with E-state index in [1.807, 2.05) is 0 Å². The lowest BCUT2D eigenvalue weighted by Gasteiger charge is -2.30. The number of nitrogens with one attached hydrogen (secondary N) is 1. The molecule has 1 aromatic rings. The Bertz CT molecular complexity index is 637. The fourth-order valence-electron chi connectivity index (χ4n) is 2.73. The summed E-state index contributed by atoms with van der Waals surface area (Å²) in [5.41, 5.74) is 1.86. The van der Waals surface area contributed by atoms with Crippen molar-refractivity contribution in [2.45, 2.75) is 31.7 Å². The summed E-state index contributed by atoms with van der Waals surface area (Å²) in [7, 11) is 1.33. The van der Waals surface area contributed by atoms with E-state index in [2.05, 4.69) is 5.32 Å². The highest BCUT2D eigenvalue weighted by atomic mass is 16.5. The van der Waals surface area contributed by atoms with Crippen LogP contribution < -0.4 is 10.2 Å². The van der Waals surface area contributed by atoms with Gasteiger partial charge in [0.1, 0.15) is 0 Å². The highest BCUT2D eigenvalue weighted by Gasteiger charge is 2.32. The van der Waals surface area contributed by atoms with Crippen LogP contribution in [0.4, 0.5) is 5.69 Å². The van der Waals surface area contributed by atoms with Gasteiger partial charge in [0.2, 0.25) is 0 Å². The topological polar surface area (TPSA) is 75.7 Å². The molecule has 1 aliphatic carbocycles. The second-order valence-electron chi connectivity index (χ2n) is 5.60. The summed E-state index contributed by atoms with van der Waals surface area (Å²) in [5, 5.41) is 2.71. The lowest BCUT2D eigenvalue weighted by atomic mass is 9.96. The molecule has 1 aliphatic heterocycles. The molecular formula is C16H18N2O4. The Hall–Kier alpha value is -2.37. The van der Waals surface area contributed by atoms with Crippen LogP contribution in [0.3, 0.4) is 0 Å². The van der Waals surface area contributed by atoms with Gasteiger partial charge in [-0.15, -0.1) is 0 Å². The smallest absolute Gasteiger partial charge is 0.338 e. The van der Waals surface area contributed by atoms with E-state index in [-0.39, 0.29) is 6.04 Å². The number of anilines is 1. The third kappa shape index (κ3) is 2.68. The Morgan fingerprint density at radius 2 is 2.05 bits per heavy atom. The molecule has 0 atom stereocenters. The van der Waals surface area contributed by atoms with Crippen molar-refractivity contribution in [1.82, 2.24) is 5.32 Å². The number of ether oxygens (including phenoxy) is 1. The molecule has 0 bridgehead atoms. The Balaban J connectivity index is 1.89. The van der Waals surface area contributed by atoms with Crippen LogP contribution in [0.5, 0.6) is 0 Å². The summed E-state index contributed by atoms with van der Waals surface area (Å²) < 4.78 is 4.78. The molecule has 1 heterocycles. The van der Waals surface area contributed by atoms with Gasteiger partial charge in [0.15, 0.2) is 0 Å². The van der Waals surface area contributed by atoms with Crippen molar-refractivity contribution in [3.05, 3.63) is 29.3 Å². The molecule has 1 N–H and O–H groups in total. The minimum Gasteiger partial charge on any atom is -0.465 e. The average Bonchev–Trinajstić information content (AvgIpc) is 3.36. The lowest BCUT2D eigenvalue weighted by Crippen LogP contribution is -2.46. The third-order valence-electron chi connectivity index (χ3n) is 4.01. The van der Waals surface area contributed by atoms with E-state index in [9.17, 15) is 14.4 Å². The van der Waals surface area contributed by atoms with Crippen molar-refractivity contribution < 1.29 is 19.1 Å². The predicted octanol–water partition coefficient (Wildman–Crippen LogP) is 1.03. The van der Waals surface area contributed by atoms with E-state index in [1.165, 1.54) is 12.0 Å². The highest BCUT2D eigenvalue weighted by molar-refractivity contribution is 6.40. The first-order valence-corrected chi connectivity index (χ1v) is 7.44. The van der Waals surface area contributed by atoms with Crippen molar-refractivity contribution in [3.63, 3.8) is 0 Å². The first-order chi connectivity index (χ1) is 10.6. The Kier molecular flexibility index (Phi) is 3.83. The van der Waals surface area contributed by atoms with Gasteiger partial charge < -0.3 is 15.0 Å². The van der Waals surface area contributed by atoms with Gasteiger partial charge in [-0.3, -0.25) is 9.59 Å². The van der Waals surface area contributed by atoms with Gasteiger partial charge in [-0.05, 0) is 43.4 Å². The number of amides is 2. The van der Waals surface area contributed by atoms with Gasteiger partial charge in [-0.2, -0.15) is 0 Å². The van der Waals surface area contributed by atoms with Gasteiger partial charge >= 0.3 is 17.8 Å². The number of benzene rings is 1. The van der Waals surface area contributed by atoms with Crippen molar-refractivity contribution >= 4 is 23.5 Å². The molecule has 2 aliphatic rings. The van der Waals surface area contributed by atoms with Gasteiger partial charge in [-0.1, -0.05) is 6.07 Å². The maximum atomic E-state index is 12.4. The molecular weight excluding hydrogens is 284 g/mol. The molecule has 116 valence electrons. The zero-order valence-electron chi connectivity index (χ0n) is 12.4. The van der Waals surface area contributed by atoms with Crippen LogP contribution in [0.1, 0.15) is 35.2 Å². The predicted molar refractivity (Wildman–Crippen MR) is 79.6 cm³/mol. The summed E-state index contributed by atoms with van der Waals surface area (Å²) in [5.74, 6) is -1.55. The molecule has 22 heavy (non-hydrogen) atoms. The molecule has 0 spiro atoms. The summed E-state index contributed by atoms with van der Waals surface area (Å²) in [6.07, 6.45) is 3.27. The normalized spacial score (nSPS) is 16.7. The second-order valence-corrected chi connectivity index (χ2v) is 5.60. The third-order valence-corrected chi connectivity index (χ3v) is 4.01. The number of nitrogens with zero attached hydrogens (tertiary/aromatic N) is 1. The van der Waals surface area contributed by atoms with E-state index in [0.717, 1.165) is 18.4 Å². The number of rotatable bonds is 2. The average molecular weight is 302 g/mol. The first-order valence-electron chi connectivity index (χ1n) is 7.44. The van der Waals surface area contributed by atoms with Crippen LogP contribution in [0.25, 0.3) is 0 Å². The van der Waals surface area contributed by atoms with Crippen LogP contribution in [0.2, 0.25) is 0 Å². The number of carbonyl (C=O) groups is 3. The van der Waals surface area contributed by atoms with Crippen molar-refractivity contribution in [1.29, 1.82) is 0 Å². The highest BCUT2D eigenvalue weighted by Crippen LogP contribution is 2.30. The SMILES string of the molecule is COC(=O)c1cccc2c1CCCN2C(=O)C(=O)NC1CC1. The summed E-state index contributed by atoms with van der Waals surface area (Å²) in [6, 6.07) is 5.30. The Morgan fingerprint density at radius 3 is 2.73 bits per heavy atom. The molecule has 0 unspecified atom stereocenters. The minimum absolute atomic E-state index is 0.141. The van der Waals surface area contributed by atoms with Crippen molar-refractivity contribution in [3.8, 4) is 0 Å². The fraction of sp³-hybridized carbons (Fsp3) is 0.438. The molecule has 3 rings (SSSR count). The van der Waals surface area contributed by atoms with E-state index in [4.69, 9.17) is 4.74 Å². The number of hydrogen-bond acceptors (Lipinski definition) is 4. The summed E-state index contributed by atoms with van der Waals surface area (Å²) >= 11 is 0. The number of methoxy groups -OCH3 is 1. The van der Waals surface area contributed by atoms with E-state index >= 15 is 0 Å². The number of hydrogen-bond donors (Lipinski definition) is 1. The molecule has 0 aromatic heterocycles. The van der Waals surface area contributed by atoms with Gasteiger partial charge in [0.25, 0.3) is 0 Å². The van der Waals surface area contributed by atoms with Crippen molar-refractivity contribution in [2.24, 2.45) is 0 Å². The number of esters is 1. The van der Waals surface area contributed by atoms with E-state index in [0.29, 0.717) is 30.6 Å². The zero-order valence-corrected chi connectivity index (χ0v) is 12.4. The first kappa shape index (κ1) is 14.6. The molecule has 6 heteroatoms. The molecule has 6 nitrogen and oxygen atoms in total. The van der Waals surface area contributed by atoms with E-state index in [1.54, 1.807) is 18.2 Å². The molecule has 2 amide bonds. The van der Waals surface area contributed by atoms with Crippen LogP contribution in [-0.2, 0) is 20.7 Å². The minimum atomic E-state index is -0.571. The zero-order chi connectivity index (χ0) is 15.7. The maximum Gasteiger partial charge on any atom is 0.338 e. The van der Waals surface area contributed by atoms with Crippen LogP contribution in [-0.4, -0.2) is 37.5 Å². The largest absolute Gasteiger partial charge is 0.465 e. The maximum absolute atomic E-state index is 12.4. The standard InChI is InChI=1S/C16H18N2O4/c1-22-16(21)12-4-2-6-13-11(12)5-3-9-18(13)15(20)14(19)17-10-7-8-10/h2,4,6,10H,3,5,7-9H2,1H3,(H,17,19). The van der Waals surface area contributed by atoms with Crippen LogP contribution in [0.15, 0.2) is 18.2 Å². The number of carbonyl (C=O) groups excluding carboxylic acids is 3. The van der Waals surface area contributed by atoms with Gasteiger partial charge in [-0.25, -0.2) is 4.79 Å². The van der Waals surface area contributed by atoms with Gasteiger partial charge in [0, 0.05) is 18.3 Å². The second kappa shape index (κ2) is 5.79. The fourth-order valence-corrected chi connectivity index (χ4v) is 2.73. The van der Waals surface area contributed by atoms with Gasteiger partial charge in [0.05, 0.1) is 12.7 Å². The lowest BCUT2D eigenvalue weighted by molar-refractivity contribution is -0.137. The molecule has 1 saturated carbocycles. The summed E-state index contributed by atoms with van der Waals surface area (Å²) in [4.78, 5) is 37.7. The quantitative estimate of drug-likeness (QED) is 0.654. The van der Waals surface area contributed by atoms with E-state index < -0.39 is 17.8 Å². The molecule has 1 aromatic carbocycles. The summed E-state index contributed by atoms with van der Waals surface area (Å²) in [6.45, 7) is 0.481. The molecule has 0 radical (unpaired) electrons. The Labute approximate surface area is 128 Å². The Morgan fingerprint density at radius 1 is 1.27 bits per heavy atom. The molecule has 0 saturated heterocycles. The van der Waals surface area contributed by atoms with Crippen LogP contribution >= 0.6 is 0 Å². The van der Waals surface area contributed by atoms with Crippen molar-refractivity contribution in [2.75, 3.05) is 18.6 Å². The molecule has 1 fully saturated rings. The van der Waals surface area contributed by atoms with Crippen LogP contribution in [0, 0.1) is 0 Å².